The molecule has 0 unspecified atom stereocenters. The van der Waals surface area contributed by atoms with Crippen LogP contribution in [0.5, 0.6) is 0 Å². The first-order chi connectivity index (χ1) is 14.2. The standard InChI is InChI=1S/C22H24N6S/c1-16-24-21(18-14-19(29-22(18)25-16)17-6-4-3-5-7-17)28-12-10-27(11-13-28)15-20-23-8-9-26(20)2/h3-9,14H,10-13,15H2,1-2H3. The highest BCUT2D eigenvalue weighted by molar-refractivity contribution is 7.21. The number of benzene rings is 1. The summed E-state index contributed by atoms with van der Waals surface area (Å²) in [5.74, 6) is 3.02. The number of hydrogen-bond acceptors (Lipinski definition) is 6. The van der Waals surface area contributed by atoms with Gasteiger partial charge in [-0.2, -0.15) is 0 Å². The molecule has 1 aliphatic rings. The first-order valence-corrected chi connectivity index (χ1v) is 10.8. The summed E-state index contributed by atoms with van der Waals surface area (Å²) < 4.78 is 2.10. The molecule has 0 bridgehead atoms. The summed E-state index contributed by atoms with van der Waals surface area (Å²) in [6.07, 6.45) is 3.87. The van der Waals surface area contributed by atoms with Crippen molar-refractivity contribution in [2.45, 2.75) is 13.5 Å². The number of aryl methyl sites for hydroxylation is 2. The van der Waals surface area contributed by atoms with Gasteiger partial charge in [0.25, 0.3) is 0 Å². The van der Waals surface area contributed by atoms with Gasteiger partial charge in [0.2, 0.25) is 0 Å². The molecule has 0 aliphatic carbocycles. The largest absolute Gasteiger partial charge is 0.353 e. The molecule has 5 rings (SSSR count). The summed E-state index contributed by atoms with van der Waals surface area (Å²) in [6.45, 7) is 6.83. The molecule has 0 spiro atoms. The topological polar surface area (TPSA) is 50.1 Å². The summed E-state index contributed by atoms with van der Waals surface area (Å²) in [7, 11) is 2.06. The molecule has 6 nitrogen and oxygen atoms in total. The Balaban J connectivity index is 1.39. The van der Waals surface area contributed by atoms with E-state index in [0.717, 1.165) is 60.4 Å². The quantitative estimate of drug-likeness (QED) is 0.519. The second kappa shape index (κ2) is 7.57. The molecule has 4 heterocycles. The van der Waals surface area contributed by atoms with E-state index < -0.39 is 0 Å². The van der Waals surface area contributed by atoms with Gasteiger partial charge in [0.1, 0.15) is 22.3 Å². The van der Waals surface area contributed by atoms with Gasteiger partial charge >= 0.3 is 0 Å². The van der Waals surface area contributed by atoms with Gasteiger partial charge in [-0.1, -0.05) is 30.3 Å². The number of nitrogens with zero attached hydrogens (tertiary/aromatic N) is 6. The summed E-state index contributed by atoms with van der Waals surface area (Å²) in [4.78, 5) is 21.2. The zero-order valence-electron chi connectivity index (χ0n) is 16.7. The molecule has 0 saturated carbocycles. The number of aromatic nitrogens is 4. The highest BCUT2D eigenvalue weighted by Crippen LogP contribution is 2.36. The molecular weight excluding hydrogens is 380 g/mol. The predicted molar refractivity (Wildman–Crippen MR) is 118 cm³/mol. The molecule has 1 fully saturated rings. The van der Waals surface area contributed by atoms with Gasteiger partial charge in [0, 0.05) is 50.5 Å². The van der Waals surface area contributed by atoms with E-state index in [1.165, 1.54) is 10.4 Å². The Bertz CT molecular complexity index is 1120. The number of rotatable bonds is 4. The molecule has 0 radical (unpaired) electrons. The number of imidazole rings is 1. The van der Waals surface area contributed by atoms with E-state index in [1.807, 2.05) is 19.3 Å². The molecule has 148 valence electrons. The molecule has 29 heavy (non-hydrogen) atoms. The van der Waals surface area contributed by atoms with E-state index in [1.54, 1.807) is 11.3 Å². The van der Waals surface area contributed by atoms with Crippen molar-refractivity contribution >= 4 is 27.4 Å². The second-order valence-electron chi connectivity index (χ2n) is 7.51. The molecule has 0 atom stereocenters. The van der Waals surface area contributed by atoms with E-state index in [2.05, 4.69) is 62.8 Å². The fourth-order valence-electron chi connectivity index (χ4n) is 3.86. The third kappa shape index (κ3) is 3.63. The smallest absolute Gasteiger partial charge is 0.141 e. The van der Waals surface area contributed by atoms with Crippen molar-refractivity contribution in [1.29, 1.82) is 0 Å². The number of piperazine rings is 1. The molecular formula is C22H24N6S. The predicted octanol–water partition coefficient (Wildman–Crippen LogP) is 3.72. The van der Waals surface area contributed by atoms with Crippen molar-refractivity contribution in [3.63, 3.8) is 0 Å². The van der Waals surface area contributed by atoms with Gasteiger partial charge < -0.3 is 9.47 Å². The van der Waals surface area contributed by atoms with Crippen LogP contribution in [0.4, 0.5) is 5.82 Å². The number of anilines is 1. The minimum absolute atomic E-state index is 0.837. The third-order valence-corrected chi connectivity index (χ3v) is 6.58. The van der Waals surface area contributed by atoms with Crippen LogP contribution in [0.2, 0.25) is 0 Å². The molecule has 0 amide bonds. The van der Waals surface area contributed by atoms with Crippen molar-refractivity contribution in [3.8, 4) is 10.4 Å². The molecule has 1 saturated heterocycles. The van der Waals surface area contributed by atoms with Crippen LogP contribution in [0.3, 0.4) is 0 Å². The Kier molecular flexibility index (Phi) is 4.77. The zero-order valence-corrected chi connectivity index (χ0v) is 17.6. The van der Waals surface area contributed by atoms with E-state index in [-0.39, 0.29) is 0 Å². The van der Waals surface area contributed by atoms with Crippen LogP contribution < -0.4 is 4.90 Å². The van der Waals surface area contributed by atoms with E-state index in [4.69, 9.17) is 9.97 Å². The lowest BCUT2D eigenvalue weighted by Crippen LogP contribution is -2.46. The minimum Gasteiger partial charge on any atom is -0.353 e. The normalized spacial score (nSPS) is 15.3. The number of thiophene rings is 1. The maximum atomic E-state index is 4.83. The van der Waals surface area contributed by atoms with Crippen LogP contribution in [0, 0.1) is 6.92 Å². The van der Waals surface area contributed by atoms with Crippen molar-refractivity contribution in [1.82, 2.24) is 24.4 Å². The Morgan fingerprint density at radius 1 is 1.03 bits per heavy atom. The van der Waals surface area contributed by atoms with Crippen molar-refractivity contribution < 1.29 is 0 Å². The van der Waals surface area contributed by atoms with Crippen LogP contribution >= 0.6 is 11.3 Å². The lowest BCUT2D eigenvalue weighted by molar-refractivity contribution is 0.241. The highest BCUT2D eigenvalue weighted by Gasteiger charge is 2.22. The summed E-state index contributed by atoms with van der Waals surface area (Å²) in [5.41, 5.74) is 1.24. The van der Waals surface area contributed by atoms with Crippen LogP contribution in [-0.4, -0.2) is 50.6 Å². The Morgan fingerprint density at radius 2 is 1.83 bits per heavy atom. The van der Waals surface area contributed by atoms with Gasteiger partial charge in [-0.25, -0.2) is 15.0 Å². The van der Waals surface area contributed by atoms with E-state index in [0.29, 0.717) is 0 Å². The first-order valence-electron chi connectivity index (χ1n) is 9.94. The maximum absolute atomic E-state index is 4.83. The lowest BCUT2D eigenvalue weighted by Gasteiger charge is -2.35. The van der Waals surface area contributed by atoms with Crippen molar-refractivity contribution in [2.24, 2.45) is 7.05 Å². The van der Waals surface area contributed by atoms with Gasteiger partial charge in [-0.15, -0.1) is 11.3 Å². The van der Waals surface area contributed by atoms with Crippen LogP contribution in [0.15, 0.2) is 48.8 Å². The van der Waals surface area contributed by atoms with Gasteiger partial charge in [0.05, 0.1) is 11.9 Å². The fraction of sp³-hybridized carbons (Fsp3) is 0.318. The average molecular weight is 405 g/mol. The molecule has 3 aromatic heterocycles. The SMILES string of the molecule is Cc1nc(N2CCN(Cc3nccn3C)CC2)c2cc(-c3ccccc3)sc2n1. The highest BCUT2D eigenvalue weighted by atomic mass is 32.1. The van der Waals surface area contributed by atoms with Crippen LogP contribution in [-0.2, 0) is 13.6 Å². The Labute approximate surface area is 174 Å². The lowest BCUT2D eigenvalue weighted by atomic mass is 10.2. The average Bonchev–Trinajstić information content (AvgIpc) is 3.35. The van der Waals surface area contributed by atoms with Crippen LogP contribution in [0.25, 0.3) is 20.7 Å². The molecule has 0 N–H and O–H groups in total. The summed E-state index contributed by atoms with van der Waals surface area (Å²) >= 11 is 1.75. The number of hydrogen-bond donors (Lipinski definition) is 0. The molecule has 7 heteroatoms. The Morgan fingerprint density at radius 3 is 2.55 bits per heavy atom. The summed E-state index contributed by atoms with van der Waals surface area (Å²) in [5, 5.41) is 1.16. The van der Waals surface area contributed by atoms with Crippen LogP contribution in [0.1, 0.15) is 11.6 Å². The van der Waals surface area contributed by atoms with Gasteiger partial charge in [-0.3, -0.25) is 4.90 Å². The molecule has 4 aromatic rings. The van der Waals surface area contributed by atoms with Crippen molar-refractivity contribution in [3.05, 3.63) is 60.4 Å². The maximum Gasteiger partial charge on any atom is 0.141 e. The fourth-order valence-corrected chi connectivity index (χ4v) is 4.94. The van der Waals surface area contributed by atoms with E-state index >= 15 is 0 Å². The first kappa shape index (κ1) is 18.3. The van der Waals surface area contributed by atoms with Gasteiger partial charge in [0.15, 0.2) is 0 Å². The molecule has 1 aromatic carbocycles. The number of fused-ring (bicyclic) bond motifs is 1. The van der Waals surface area contributed by atoms with Crippen molar-refractivity contribution in [2.75, 3.05) is 31.1 Å². The van der Waals surface area contributed by atoms with E-state index in [9.17, 15) is 0 Å². The molecule has 1 aliphatic heterocycles. The second-order valence-corrected chi connectivity index (χ2v) is 8.54. The summed E-state index contributed by atoms with van der Waals surface area (Å²) in [6, 6.07) is 12.8. The van der Waals surface area contributed by atoms with Gasteiger partial charge in [-0.05, 0) is 18.6 Å². The minimum atomic E-state index is 0.837. The Hall–Kier alpha value is -2.77. The third-order valence-electron chi connectivity index (χ3n) is 5.50. The monoisotopic (exact) mass is 404 g/mol. The zero-order chi connectivity index (χ0) is 19.8.